The lowest BCUT2D eigenvalue weighted by atomic mass is 10.2. The number of nitrogens with two attached hydrogens (primary N) is 1. The first kappa shape index (κ1) is 14.7. The maximum absolute atomic E-state index is 12.1. The number of carbonyl (C=O) groups is 1. The summed E-state index contributed by atoms with van der Waals surface area (Å²) in [6.45, 7) is 0. The zero-order valence-corrected chi connectivity index (χ0v) is 13.0. The topological polar surface area (TPSA) is 64.3 Å². The van der Waals surface area contributed by atoms with Crippen LogP contribution in [0.1, 0.15) is 10.4 Å². The molecule has 6 heteroatoms. The number of benzene rings is 2. The van der Waals surface area contributed by atoms with Gasteiger partial charge in [-0.1, -0.05) is 11.6 Å². The van der Waals surface area contributed by atoms with Crippen LogP contribution in [0.25, 0.3) is 0 Å². The highest BCUT2D eigenvalue weighted by molar-refractivity contribution is 9.10. The van der Waals surface area contributed by atoms with E-state index < -0.39 is 0 Å². The molecule has 0 aliphatic heterocycles. The summed E-state index contributed by atoms with van der Waals surface area (Å²) in [7, 11) is 1.57. The van der Waals surface area contributed by atoms with Gasteiger partial charge in [0.25, 0.3) is 5.91 Å². The van der Waals surface area contributed by atoms with Gasteiger partial charge in [0.2, 0.25) is 0 Å². The third kappa shape index (κ3) is 3.23. The fraction of sp³-hybridized carbons (Fsp3) is 0.0714. The van der Waals surface area contributed by atoms with Crippen molar-refractivity contribution in [2.24, 2.45) is 0 Å². The van der Waals surface area contributed by atoms with Gasteiger partial charge in [-0.25, -0.2) is 0 Å². The third-order valence-corrected chi connectivity index (χ3v) is 3.62. The molecule has 0 fully saturated rings. The Balaban J connectivity index is 2.19. The molecule has 0 spiro atoms. The molecule has 3 N–H and O–H groups in total. The van der Waals surface area contributed by atoms with E-state index in [9.17, 15) is 4.79 Å². The van der Waals surface area contributed by atoms with E-state index in [1.165, 1.54) is 0 Å². The van der Waals surface area contributed by atoms with E-state index in [0.717, 1.165) is 0 Å². The normalized spacial score (nSPS) is 10.2. The van der Waals surface area contributed by atoms with Gasteiger partial charge in [-0.3, -0.25) is 4.79 Å². The molecule has 0 unspecified atom stereocenters. The van der Waals surface area contributed by atoms with Crippen LogP contribution in [0.4, 0.5) is 11.4 Å². The molecule has 20 heavy (non-hydrogen) atoms. The number of hydrogen-bond acceptors (Lipinski definition) is 3. The summed E-state index contributed by atoms with van der Waals surface area (Å²) in [5.74, 6) is 0.422. The van der Waals surface area contributed by atoms with Crippen LogP contribution >= 0.6 is 27.5 Å². The first-order valence-corrected chi connectivity index (χ1v) is 6.88. The number of anilines is 2. The molecule has 0 atom stereocenters. The summed E-state index contributed by atoms with van der Waals surface area (Å²) in [6, 6.07) is 10.0. The van der Waals surface area contributed by atoms with Gasteiger partial charge in [0.1, 0.15) is 5.75 Å². The molecule has 4 nitrogen and oxygen atoms in total. The monoisotopic (exact) mass is 354 g/mol. The van der Waals surface area contributed by atoms with E-state index in [1.54, 1.807) is 43.5 Å². The lowest BCUT2D eigenvalue weighted by Crippen LogP contribution is -2.12. The average molecular weight is 356 g/mol. The third-order valence-electron chi connectivity index (χ3n) is 2.67. The number of hydrogen-bond donors (Lipinski definition) is 2. The minimum absolute atomic E-state index is 0.241. The molecule has 0 bridgehead atoms. The Kier molecular flexibility index (Phi) is 4.52. The highest BCUT2D eigenvalue weighted by Gasteiger charge is 2.10. The predicted octanol–water partition coefficient (Wildman–Crippen LogP) is 3.95. The molecule has 2 aromatic rings. The predicted molar refractivity (Wildman–Crippen MR) is 84.5 cm³/mol. The van der Waals surface area contributed by atoms with E-state index in [4.69, 9.17) is 22.1 Å². The van der Waals surface area contributed by atoms with Gasteiger partial charge in [-0.05, 0) is 52.3 Å². The molecule has 0 heterocycles. The molecule has 104 valence electrons. The van der Waals surface area contributed by atoms with Gasteiger partial charge in [0.05, 0.1) is 22.3 Å². The summed E-state index contributed by atoms with van der Waals surface area (Å²) in [5, 5.41) is 3.15. The van der Waals surface area contributed by atoms with Crippen LogP contribution in [0.3, 0.4) is 0 Å². The molecule has 0 aromatic heterocycles. The largest absolute Gasteiger partial charge is 0.496 e. The molecule has 0 aliphatic carbocycles. The lowest BCUT2D eigenvalue weighted by Gasteiger charge is -2.08. The quantitative estimate of drug-likeness (QED) is 0.820. The molecule has 2 aromatic carbocycles. The van der Waals surface area contributed by atoms with Gasteiger partial charge in [-0.2, -0.15) is 0 Å². The number of carbonyl (C=O) groups excluding carboxylic acids is 1. The van der Waals surface area contributed by atoms with Gasteiger partial charge in [0, 0.05) is 11.3 Å². The van der Waals surface area contributed by atoms with Gasteiger partial charge >= 0.3 is 0 Å². The van der Waals surface area contributed by atoms with E-state index in [1.807, 2.05) is 0 Å². The van der Waals surface area contributed by atoms with Crippen LogP contribution in [0.2, 0.25) is 5.02 Å². The number of rotatable bonds is 3. The van der Waals surface area contributed by atoms with Crippen LogP contribution in [-0.2, 0) is 0 Å². The van der Waals surface area contributed by atoms with Gasteiger partial charge < -0.3 is 15.8 Å². The Labute approximate surface area is 130 Å². The van der Waals surface area contributed by atoms with Crippen LogP contribution in [-0.4, -0.2) is 13.0 Å². The summed E-state index contributed by atoms with van der Waals surface area (Å²) in [6.07, 6.45) is 0. The zero-order valence-electron chi connectivity index (χ0n) is 10.6. The van der Waals surface area contributed by atoms with Crippen LogP contribution < -0.4 is 15.8 Å². The SMILES string of the molecule is COc1ccc(C(=O)Nc2ccc(N)c(Cl)c2)cc1Br. The Morgan fingerprint density at radius 3 is 2.65 bits per heavy atom. The minimum Gasteiger partial charge on any atom is -0.496 e. The fourth-order valence-electron chi connectivity index (χ4n) is 1.62. The van der Waals surface area contributed by atoms with Crippen molar-refractivity contribution in [1.82, 2.24) is 0 Å². The minimum atomic E-state index is -0.241. The van der Waals surface area contributed by atoms with Crippen molar-refractivity contribution >= 4 is 44.8 Å². The first-order chi connectivity index (χ1) is 9.51. The van der Waals surface area contributed by atoms with Crippen molar-refractivity contribution in [3.63, 3.8) is 0 Å². The number of ether oxygens (including phenoxy) is 1. The summed E-state index contributed by atoms with van der Waals surface area (Å²) in [5.41, 5.74) is 7.18. The second-order valence-electron chi connectivity index (χ2n) is 4.04. The van der Waals surface area contributed by atoms with E-state index in [-0.39, 0.29) is 5.91 Å². The number of halogens is 2. The summed E-state index contributed by atoms with van der Waals surface area (Å²) >= 11 is 9.25. The number of methoxy groups -OCH3 is 1. The van der Waals surface area contributed by atoms with Crippen LogP contribution in [0, 0.1) is 0 Å². The molecular weight excluding hydrogens is 344 g/mol. The maximum atomic E-state index is 12.1. The van der Waals surface area contributed by atoms with E-state index >= 15 is 0 Å². The number of nitrogens with one attached hydrogen (secondary N) is 1. The summed E-state index contributed by atoms with van der Waals surface area (Å²) < 4.78 is 5.83. The van der Waals surface area contributed by atoms with Crippen LogP contribution in [0.5, 0.6) is 5.75 Å². The van der Waals surface area contributed by atoms with Crippen molar-refractivity contribution in [2.45, 2.75) is 0 Å². The van der Waals surface area contributed by atoms with Gasteiger partial charge in [0.15, 0.2) is 0 Å². The Morgan fingerprint density at radius 2 is 2.05 bits per heavy atom. The highest BCUT2D eigenvalue weighted by atomic mass is 79.9. The number of nitrogen functional groups attached to an aromatic ring is 1. The first-order valence-electron chi connectivity index (χ1n) is 5.71. The molecule has 0 saturated heterocycles. The Hall–Kier alpha value is -1.72. The lowest BCUT2D eigenvalue weighted by molar-refractivity contribution is 0.102. The van der Waals surface area contributed by atoms with E-state index in [2.05, 4.69) is 21.2 Å². The zero-order chi connectivity index (χ0) is 14.7. The molecule has 0 radical (unpaired) electrons. The second kappa shape index (κ2) is 6.15. The smallest absolute Gasteiger partial charge is 0.255 e. The Bertz CT molecular complexity index is 662. The summed E-state index contributed by atoms with van der Waals surface area (Å²) in [4.78, 5) is 12.1. The Morgan fingerprint density at radius 1 is 1.30 bits per heavy atom. The maximum Gasteiger partial charge on any atom is 0.255 e. The standard InChI is InChI=1S/C14H12BrClN2O2/c1-20-13-5-2-8(6-10(13)15)14(19)18-9-3-4-12(17)11(16)7-9/h2-7H,17H2,1H3,(H,18,19). The second-order valence-corrected chi connectivity index (χ2v) is 5.30. The van der Waals surface area contributed by atoms with Crippen molar-refractivity contribution in [2.75, 3.05) is 18.2 Å². The molecule has 1 amide bonds. The fourth-order valence-corrected chi connectivity index (χ4v) is 2.34. The van der Waals surface area contributed by atoms with Crippen LogP contribution in [0.15, 0.2) is 40.9 Å². The van der Waals surface area contributed by atoms with Crippen molar-refractivity contribution in [1.29, 1.82) is 0 Å². The van der Waals surface area contributed by atoms with Gasteiger partial charge in [-0.15, -0.1) is 0 Å². The highest BCUT2D eigenvalue weighted by Crippen LogP contribution is 2.26. The molecule has 0 saturated carbocycles. The van der Waals surface area contributed by atoms with E-state index in [0.29, 0.717) is 32.2 Å². The molecule has 0 aliphatic rings. The number of amides is 1. The van der Waals surface area contributed by atoms with Crippen molar-refractivity contribution < 1.29 is 9.53 Å². The van der Waals surface area contributed by atoms with Crippen molar-refractivity contribution in [3.8, 4) is 5.75 Å². The van der Waals surface area contributed by atoms with Crippen molar-refractivity contribution in [3.05, 3.63) is 51.5 Å². The average Bonchev–Trinajstić information content (AvgIpc) is 2.42. The molecular formula is C14H12BrClN2O2. The molecule has 2 rings (SSSR count).